The van der Waals surface area contributed by atoms with E-state index < -0.39 is 36.2 Å². The summed E-state index contributed by atoms with van der Waals surface area (Å²) in [7, 11) is 1.16. The van der Waals surface area contributed by atoms with Gasteiger partial charge in [-0.3, -0.25) is 9.59 Å². The molecule has 0 radical (unpaired) electrons. The third-order valence-corrected chi connectivity index (χ3v) is 2.91. The van der Waals surface area contributed by atoms with Crippen LogP contribution in [-0.4, -0.2) is 36.1 Å². The number of carboxylic acid groups (broad SMARTS) is 1. The molecule has 0 saturated carbocycles. The van der Waals surface area contributed by atoms with E-state index in [0.717, 1.165) is 12.7 Å². The van der Waals surface area contributed by atoms with E-state index in [-0.39, 0.29) is 0 Å². The summed E-state index contributed by atoms with van der Waals surface area (Å²) in [4.78, 5) is 34.1. The van der Waals surface area contributed by atoms with Crippen molar-refractivity contribution in [1.82, 2.24) is 5.32 Å². The van der Waals surface area contributed by atoms with Crippen LogP contribution < -0.4 is 5.32 Å². The van der Waals surface area contributed by atoms with E-state index in [1.807, 2.05) is 6.07 Å². The Kier molecular flexibility index (Phi) is 5.71. The van der Waals surface area contributed by atoms with Crippen molar-refractivity contribution in [3.63, 3.8) is 0 Å². The average Bonchev–Trinajstić information content (AvgIpc) is 2.46. The molecule has 0 heterocycles. The largest absolute Gasteiger partial charge is 0.480 e. The Morgan fingerprint density at radius 1 is 1.25 bits per heavy atom. The second-order valence-electron chi connectivity index (χ2n) is 4.31. The number of rotatable bonds is 6. The molecular weight excluding hydrogens is 262 g/mol. The summed E-state index contributed by atoms with van der Waals surface area (Å²) >= 11 is 0. The van der Waals surface area contributed by atoms with Gasteiger partial charge in [0.05, 0.1) is 19.4 Å². The monoisotopic (exact) mass is 279 g/mol. The molecule has 2 N–H and O–H groups in total. The number of hydrogen-bond donors (Lipinski definition) is 2. The molecular formula is C14H17NO5. The van der Waals surface area contributed by atoms with Gasteiger partial charge in [0.15, 0.2) is 0 Å². The summed E-state index contributed by atoms with van der Waals surface area (Å²) < 4.78 is 4.40. The Balaban J connectivity index is 2.71. The molecule has 20 heavy (non-hydrogen) atoms. The van der Waals surface area contributed by atoms with E-state index in [4.69, 9.17) is 5.11 Å². The van der Waals surface area contributed by atoms with Crippen LogP contribution in [0.1, 0.15) is 24.8 Å². The van der Waals surface area contributed by atoms with Crippen molar-refractivity contribution >= 4 is 17.8 Å². The second kappa shape index (κ2) is 7.28. The van der Waals surface area contributed by atoms with Gasteiger partial charge in [0, 0.05) is 0 Å². The molecule has 1 amide bonds. The fourth-order valence-corrected chi connectivity index (χ4v) is 1.64. The van der Waals surface area contributed by atoms with Crippen LogP contribution in [0.3, 0.4) is 0 Å². The van der Waals surface area contributed by atoms with E-state index in [2.05, 4.69) is 10.1 Å². The maximum Gasteiger partial charge on any atom is 0.326 e. The standard InChI is InChI=1S/C14H17NO5/c1-9(10-6-4-3-5-7-10)13(17)15-11(14(18)19)8-12(16)20-2/h3-7,9,11H,8H2,1-2H3,(H,15,17)(H,18,19)/t9?,11-/m0/s1. The van der Waals surface area contributed by atoms with E-state index in [1.165, 1.54) is 0 Å². The van der Waals surface area contributed by atoms with Gasteiger partial charge < -0.3 is 15.2 Å². The van der Waals surface area contributed by atoms with Crippen LogP contribution >= 0.6 is 0 Å². The number of carbonyl (C=O) groups is 3. The quantitative estimate of drug-likeness (QED) is 0.755. The third-order valence-electron chi connectivity index (χ3n) is 2.91. The van der Waals surface area contributed by atoms with Crippen molar-refractivity contribution in [2.24, 2.45) is 0 Å². The van der Waals surface area contributed by atoms with Crippen molar-refractivity contribution in [2.45, 2.75) is 25.3 Å². The van der Waals surface area contributed by atoms with Gasteiger partial charge in [0.1, 0.15) is 6.04 Å². The first kappa shape index (κ1) is 15.7. The van der Waals surface area contributed by atoms with Crippen molar-refractivity contribution in [1.29, 1.82) is 0 Å². The molecule has 6 heteroatoms. The Labute approximate surface area is 116 Å². The minimum absolute atomic E-state index is 0.404. The first-order chi connectivity index (χ1) is 9.45. The second-order valence-corrected chi connectivity index (χ2v) is 4.31. The number of amides is 1. The molecule has 0 fully saturated rings. The van der Waals surface area contributed by atoms with Crippen molar-refractivity contribution in [2.75, 3.05) is 7.11 Å². The van der Waals surface area contributed by atoms with E-state index in [1.54, 1.807) is 31.2 Å². The molecule has 1 unspecified atom stereocenters. The highest BCUT2D eigenvalue weighted by atomic mass is 16.5. The molecule has 1 aromatic rings. The smallest absolute Gasteiger partial charge is 0.326 e. The fourth-order valence-electron chi connectivity index (χ4n) is 1.64. The minimum atomic E-state index is -1.29. The summed E-state index contributed by atoms with van der Waals surface area (Å²) in [6, 6.07) is 7.68. The SMILES string of the molecule is COC(=O)C[C@H](NC(=O)C(C)c1ccccc1)C(=O)O. The first-order valence-electron chi connectivity index (χ1n) is 6.10. The zero-order valence-corrected chi connectivity index (χ0v) is 11.3. The molecule has 0 aliphatic heterocycles. The van der Waals surface area contributed by atoms with Crippen molar-refractivity contribution in [3.05, 3.63) is 35.9 Å². The highest BCUT2D eigenvalue weighted by Gasteiger charge is 2.26. The molecule has 0 aromatic heterocycles. The molecule has 0 saturated heterocycles. The van der Waals surface area contributed by atoms with E-state index >= 15 is 0 Å². The highest BCUT2D eigenvalue weighted by Crippen LogP contribution is 2.15. The summed E-state index contributed by atoms with van der Waals surface area (Å²) in [5.41, 5.74) is 0.771. The molecule has 0 aliphatic rings. The van der Waals surface area contributed by atoms with Gasteiger partial charge in [-0.05, 0) is 12.5 Å². The normalized spacial score (nSPS) is 13.1. The molecule has 6 nitrogen and oxygen atoms in total. The number of carboxylic acids is 1. The van der Waals surface area contributed by atoms with Gasteiger partial charge in [-0.25, -0.2) is 4.79 Å². The Morgan fingerprint density at radius 3 is 2.35 bits per heavy atom. The summed E-state index contributed by atoms with van der Waals surface area (Å²) in [5, 5.41) is 11.3. The average molecular weight is 279 g/mol. The topological polar surface area (TPSA) is 92.7 Å². The Bertz CT molecular complexity index is 486. The van der Waals surface area contributed by atoms with Gasteiger partial charge in [-0.2, -0.15) is 0 Å². The molecule has 108 valence electrons. The van der Waals surface area contributed by atoms with Crippen LogP contribution in [0, 0.1) is 0 Å². The highest BCUT2D eigenvalue weighted by molar-refractivity contribution is 5.90. The first-order valence-corrected chi connectivity index (χ1v) is 6.10. The Hall–Kier alpha value is -2.37. The predicted molar refractivity (Wildman–Crippen MR) is 71.1 cm³/mol. The van der Waals surface area contributed by atoms with Crippen molar-refractivity contribution in [3.8, 4) is 0 Å². The zero-order chi connectivity index (χ0) is 15.1. The molecule has 1 rings (SSSR count). The number of hydrogen-bond acceptors (Lipinski definition) is 4. The van der Waals surface area contributed by atoms with Crippen LogP contribution in [0.2, 0.25) is 0 Å². The van der Waals surface area contributed by atoms with Gasteiger partial charge in [-0.15, -0.1) is 0 Å². The number of esters is 1. The van der Waals surface area contributed by atoms with Crippen LogP contribution in [-0.2, 0) is 19.1 Å². The summed E-state index contributed by atoms with van der Waals surface area (Å²) in [6.45, 7) is 1.67. The number of carbonyl (C=O) groups excluding carboxylic acids is 2. The maximum absolute atomic E-state index is 12.0. The van der Waals surface area contributed by atoms with Gasteiger partial charge in [0.2, 0.25) is 5.91 Å². The van der Waals surface area contributed by atoms with Crippen molar-refractivity contribution < 1.29 is 24.2 Å². The number of nitrogens with one attached hydrogen (secondary N) is 1. The molecule has 1 aromatic carbocycles. The summed E-state index contributed by atoms with van der Waals surface area (Å²) in [5.74, 6) is -2.92. The van der Waals surface area contributed by atoms with Gasteiger partial charge in [0.25, 0.3) is 0 Å². The lowest BCUT2D eigenvalue weighted by atomic mass is 10.00. The molecule has 0 bridgehead atoms. The molecule has 0 spiro atoms. The zero-order valence-electron chi connectivity index (χ0n) is 11.3. The Morgan fingerprint density at radius 2 is 1.85 bits per heavy atom. The molecule has 0 aliphatic carbocycles. The van der Waals surface area contributed by atoms with Crippen LogP contribution in [0.15, 0.2) is 30.3 Å². The lowest BCUT2D eigenvalue weighted by molar-refractivity contribution is -0.148. The van der Waals surface area contributed by atoms with Crippen LogP contribution in [0.5, 0.6) is 0 Å². The van der Waals surface area contributed by atoms with Crippen LogP contribution in [0.25, 0.3) is 0 Å². The third kappa shape index (κ3) is 4.38. The van der Waals surface area contributed by atoms with E-state index in [0.29, 0.717) is 0 Å². The number of aliphatic carboxylic acids is 1. The lowest BCUT2D eigenvalue weighted by Crippen LogP contribution is -2.44. The molecule has 2 atom stereocenters. The maximum atomic E-state index is 12.0. The van der Waals surface area contributed by atoms with Gasteiger partial charge >= 0.3 is 11.9 Å². The van der Waals surface area contributed by atoms with Gasteiger partial charge in [-0.1, -0.05) is 30.3 Å². The number of benzene rings is 1. The number of ether oxygens (including phenoxy) is 1. The van der Waals surface area contributed by atoms with E-state index in [9.17, 15) is 14.4 Å². The fraction of sp³-hybridized carbons (Fsp3) is 0.357. The summed E-state index contributed by atoms with van der Waals surface area (Å²) in [6.07, 6.45) is -0.404. The number of methoxy groups -OCH3 is 1. The minimum Gasteiger partial charge on any atom is -0.480 e. The van der Waals surface area contributed by atoms with Crippen LogP contribution in [0.4, 0.5) is 0 Å². The lowest BCUT2D eigenvalue weighted by Gasteiger charge is -2.17. The predicted octanol–water partition coefficient (Wildman–Crippen LogP) is 0.923.